The Morgan fingerprint density at radius 2 is 1.72 bits per heavy atom. The summed E-state index contributed by atoms with van der Waals surface area (Å²) < 4.78 is 62.0. The monoisotopic (exact) mass is 534 g/mol. The topological polar surface area (TPSA) is 26.3 Å². The summed E-state index contributed by atoms with van der Waals surface area (Å²) in [6, 6.07) is 4.68. The van der Waals surface area contributed by atoms with Crippen molar-refractivity contribution in [2.24, 2.45) is 17.3 Å². The molecule has 1 aliphatic rings. The fourth-order valence-corrected chi connectivity index (χ4v) is 4.02. The van der Waals surface area contributed by atoms with Gasteiger partial charge >= 0.3 is 5.97 Å². The van der Waals surface area contributed by atoms with E-state index in [1.165, 1.54) is 0 Å². The van der Waals surface area contributed by atoms with Crippen LogP contribution in [0, 0.1) is 40.5 Å². The molecule has 0 N–H and O–H groups in total. The first-order chi connectivity index (χ1) is 13.5. The lowest BCUT2D eigenvalue weighted by atomic mass is 10.0. The molecule has 8 heteroatoms. The van der Waals surface area contributed by atoms with E-state index in [4.69, 9.17) is 4.74 Å². The van der Waals surface area contributed by atoms with Gasteiger partial charge in [0.15, 0.2) is 0 Å². The first kappa shape index (κ1) is 22.0. The maximum atomic E-state index is 14.9. The number of hydrogen-bond acceptors (Lipinski definition) is 2. The van der Waals surface area contributed by atoms with Gasteiger partial charge in [0, 0.05) is 17.2 Å². The van der Waals surface area contributed by atoms with Crippen molar-refractivity contribution in [3.05, 3.63) is 68.6 Å². The number of halogens is 6. The lowest BCUT2D eigenvalue weighted by Crippen LogP contribution is -2.12. The van der Waals surface area contributed by atoms with Crippen LogP contribution in [0.15, 0.2) is 39.8 Å². The number of carbonyl (C=O) groups is 1. The highest BCUT2D eigenvalue weighted by atomic mass is 79.9. The minimum atomic E-state index is -1.06. The second kappa shape index (κ2) is 8.22. The highest BCUT2D eigenvalue weighted by Gasteiger charge is 2.61. The fraction of sp³-hybridized carbons (Fsp3) is 0.286. The van der Waals surface area contributed by atoms with Crippen LogP contribution in [-0.2, 0) is 16.1 Å². The summed E-state index contributed by atoms with van der Waals surface area (Å²) in [6.45, 7) is 3.15. The van der Waals surface area contributed by atoms with E-state index in [9.17, 15) is 22.4 Å². The van der Waals surface area contributed by atoms with Gasteiger partial charge in [-0.05, 0) is 67.5 Å². The molecule has 0 aliphatic heterocycles. The predicted molar refractivity (Wildman–Crippen MR) is 108 cm³/mol. The van der Waals surface area contributed by atoms with Crippen molar-refractivity contribution in [1.82, 2.24) is 0 Å². The van der Waals surface area contributed by atoms with E-state index in [1.54, 1.807) is 0 Å². The second-order valence-corrected chi connectivity index (χ2v) is 10.2. The molecule has 0 bridgehead atoms. The van der Waals surface area contributed by atoms with Crippen LogP contribution in [0.4, 0.5) is 17.6 Å². The Bertz CT molecular complexity index is 1000. The number of allylic oxidation sites excluding steroid dienone is 1. The molecule has 2 aromatic rings. The summed E-state index contributed by atoms with van der Waals surface area (Å²) in [5.74, 6) is -4.87. The Morgan fingerprint density at radius 3 is 2.34 bits per heavy atom. The van der Waals surface area contributed by atoms with E-state index in [2.05, 4.69) is 31.9 Å². The van der Waals surface area contributed by atoms with Crippen LogP contribution >= 0.6 is 31.9 Å². The molecule has 3 rings (SSSR count). The molecule has 1 saturated carbocycles. The fourth-order valence-electron chi connectivity index (χ4n) is 3.45. The summed E-state index contributed by atoms with van der Waals surface area (Å²) in [5, 5.41) is 0. The molecule has 1 fully saturated rings. The minimum absolute atomic E-state index is 0.0851. The van der Waals surface area contributed by atoms with E-state index in [0.29, 0.717) is 9.46 Å². The van der Waals surface area contributed by atoms with Gasteiger partial charge in [-0.1, -0.05) is 19.9 Å². The van der Waals surface area contributed by atoms with Gasteiger partial charge in [-0.25, -0.2) is 17.6 Å². The summed E-state index contributed by atoms with van der Waals surface area (Å²) in [6.07, 6.45) is 1.82. The molecule has 0 spiro atoms. The summed E-state index contributed by atoms with van der Waals surface area (Å²) >= 11 is 6.50. The number of hydrogen-bond donors (Lipinski definition) is 0. The third-order valence-corrected chi connectivity index (χ3v) is 5.76. The molecule has 2 atom stereocenters. The van der Waals surface area contributed by atoms with E-state index < -0.39 is 47.3 Å². The number of rotatable bonds is 5. The van der Waals surface area contributed by atoms with Crippen LogP contribution in [-0.4, -0.2) is 5.97 Å². The second-order valence-electron chi connectivity index (χ2n) is 7.40. The number of benzene rings is 2. The van der Waals surface area contributed by atoms with E-state index in [1.807, 2.05) is 19.9 Å². The molecule has 0 saturated heterocycles. The van der Waals surface area contributed by atoms with Crippen molar-refractivity contribution >= 4 is 37.8 Å². The molecule has 0 unspecified atom stereocenters. The molecule has 0 aromatic heterocycles. The zero-order valence-corrected chi connectivity index (χ0v) is 18.6. The van der Waals surface area contributed by atoms with Gasteiger partial charge in [-0.3, -0.25) is 4.79 Å². The minimum Gasteiger partial charge on any atom is -0.460 e. The Morgan fingerprint density at radius 1 is 1.07 bits per heavy atom. The smallest absolute Gasteiger partial charge is 0.310 e. The molecule has 0 heterocycles. The van der Waals surface area contributed by atoms with Crippen LogP contribution in [0.2, 0.25) is 0 Å². The first-order valence-corrected chi connectivity index (χ1v) is 10.2. The van der Waals surface area contributed by atoms with Crippen molar-refractivity contribution in [2.45, 2.75) is 20.5 Å². The van der Waals surface area contributed by atoms with E-state index >= 15 is 0 Å². The molecular formula is C21H16Br2F4O2. The van der Waals surface area contributed by atoms with Crippen LogP contribution in [0.3, 0.4) is 0 Å². The van der Waals surface area contributed by atoms with Gasteiger partial charge in [0.25, 0.3) is 0 Å². The largest absolute Gasteiger partial charge is 0.460 e. The summed E-state index contributed by atoms with van der Waals surface area (Å²) in [4.78, 5) is 12.4. The van der Waals surface area contributed by atoms with Gasteiger partial charge in [-0.15, -0.1) is 0 Å². The molecule has 0 amide bonds. The van der Waals surface area contributed by atoms with Crippen molar-refractivity contribution < 1.29 is 27.1 Å². The Balaban J connectivity index is 1.82. The maximum Gasteiger partial charge on any atom is 0.310 e. The molecule has 2 nitrogen and oxygen atoms in total. The first-order valence-electron chi connectivity index (χ1n) is 8.65. The van der Waals surface area contributed by atoms with Crippen LogP contribution in [0.25, 0.3) is 11.1 Å². The van der Waals surface area contributed by atoms with Crippen LogP contribution in [0.5, 0.6) is 0 Å². The van der Waals surface area contributed by atoms with Crippen LogP contribution < -0.4 is 0 Å². The van der Waals surface area contributed by atoms with Crippen molar-refractivity contribution in [1.29, 1.82) is 0 Å². The Labute approximate surface area is 182 Å². The maximum absolute atomic E-state index is 14.9. The lowest BCUT2D eigenvalue weighted by molar-refractivity contribution is -0.147. The normalized spacial score (nSPS) is 19.6. The van der Waals surface area contributed by atoms with E-state index in [-0.39, 0.29) is 22.5 Å². The average molecular weight is 536 g/mol. The number of esters is 1. The van der Waals surface area contributed by atoms with Crippen molar-refractivity contribution in [2.75, 3.05) is 0 Å². The average Bonchev–Trinajstić information content (AvgIpc) is 3.15. The number of carbonyl (C=O) groups excluding carboxylic acids is 1. The van der Waals surface area contributed by atoms with Gasteiger partial charge < -0.3 is 4.74 Å². The third kappa shape index (κ3) is 4.43. The molecule has 1 aliphatic carbocycles. The quantitative estimate of drug-likeness (QED) is 0.309. The Hall–Kier alpha value is -1.67. The predicted octanol–water partition coefficient (Wildman–Crippen LogP) is 6.86. The van der Waals surface area contributed by atoms with Gasteiger partial charge in [-0.2, -0.15) is 0 Å². The molecule has 0 radical (unpaired) electrons. The van der Waals surface area contributed by atoms with Crippen LogP contribution in [0.1, 0.15) is 19.4 Å². The lowest BCUT2D eigenvalue weighted by Gasteiger charge is -2.12. The van der Waals surface area contributed by atoms with E-state index in [0.717, 1.165) is 24.3 Å². The summed E-state index contributed by atoms with van der Waals surface area (Å²) in [5.41, 5.74) is -1.30. The van der Waals surface area contributed by atoms with Gasteiger partial charge in [0.1, 0.15) is 29.9 Å². The van der Waals surface area contributed by atoms with Gasteiger partial charge in [0.05, 0.1) is 14.9 Å². The van der Waals surface area contributed by atoms with Crippen molar-refractivity contribution in [3.63, 3.8) is 0 Å². The molecule has 2 aromatic carbocycles. The zero-order valence-electron chi connectivity index (χ0n) is 15.4. The standard InChI is InChI=1S/C21H16Br2F4O2/c1-21(2)14(8-17(22)23)18(21)20(28)29-9-13-15(25)6-5-12(19(13)27)11-4-3-10(24)7-16(11)26/h3-8,14,18H,9H2,1-2H3/t14-,18-/m0/s1. The van der Waals surface area contributed by atoms with Crippen molar-refractivity contribution in [3.8, 4) is 11.1 Å². The zero-order chi connectivity index (χ0) is 21.5. The highest BCUT2D eigenvalue weighted by Crippen LogP contribution is 2.60. The van der Waals surface area contributed by atoms with Gasteiger partial charge in [0.2, 0.25) is 0 Å². The molecular weight excluding hydrogens is 520 g/mol. The highest BCUT2D eigenvalue weighted by molar-refractivity contribution is 9.28. The summed E-state index contributed by atoms with van der Waals surface area (Å²) in [7, 11) is 0. The molecule has 154 valence electrons. The Kier molecular flexibility index (Phi) is 6.24. The third-order valence-electron chi connectivity index (χ3n) is 5.24. The molecule has 29 heavy (non-hydrogen) atoms. The number of ether oxygens (including phenoxy) is 1. The SMILES string of the molecule is CC1(C)[C@H](C(=O)OCc2c(F)ccc(-c3ccc(F)cc3F)c2F)[C@@H]1C=C(Br)Br.